The van der Waals surface area contributed by atoms with E-state index in [0.717, 1.165) is 30.5 Å². The maximum atomic E-state index is 13.9. The minimum atomic E-state index is -0.879. The average molecular weight is 642 g/mol. The summed E-state index contributed by atoms with van der Waals surface area (Å²) in [6, 6.07) is 18.6. The quantitative estimate of drug-likeness (QED) is 0.278. The number of carboxylic acid groups (broad SMARTS) is 1. The maximum absolute atomic E-state index is 13.9. The predicted molar refractivity (Wildman–Crippen MR) is 171 cm³/mol. The first-order valence-electron chi connectivity index (χ1n) is 14.7. The van der Waals surface area contributed by atoms with Crippen molar-refractivity contribution in [1.82, 2.24) is 9.80 Å². The molecule has 44 heavy (non-hydrogen) atoms. The zero-order chi connectivity index (χ0) is 31.5. The van der Waals surface area contributed by atoms with Gasteiger partial charge in [0, 0.05) is 24.1 Å². The molecule has 0 saturated carbocycles. The van der Waals surface area contributed by atoms with Crippen molar-refractivity contribution in [3.8, 4) is 17.2 Å². The Morgan fingerprint density at radius 3 is 2.05 bits per heavy atom. The molecule has 0 aliphatic carbocycles. The molecular formula is C34H38Cl2N2O6. The summed E-state index contributed by atoms with van der Waals surface area (Å²) in [5.41, 5.74) is 1.11. The lowest BCUT2D eigenvalue weighted by molar-refractivity contribution is -0.146. The largest absolute Gasteiger partial charge is 0.493 e. The van der Waals surface area contributed by atoms with Crippen molar-refractivity contribution < 1.29 is 28.9 Å². The molecule has 5 rings (SSSR count). The highest BCUT2D eigenvalue weighted by molar-refractivity contribution is 6.42. The molecule has 0 bridgehead atoms. The number of ether oxygens (including phenoxy) is 3. The van der Waals surface area contributed by atoms with Gasteiger partial charge in [0.1, 0.15) is 0 Å². The van der Waals surface area contributed by atoms with Gasteiger partial charge in [0.2, 0.25) is 5.75 Å². The van der Waals surface area contributed by atoms with E-state index < -0.39 is 11.4 Å². The van der Waals surface area contributed by atoms with Crippen LogP contribution in [0, 0.1) is 0 Å². The third-order valence-electron chi connectivity index (χ3n) is 9.44. The van der Waals surface area contributed by atoms with Crippen LogP contribution in [0.15, 0.2) is 60.7 Å². The fourth-order valence-corrected chi connectivity index (χ4v) is 7.05. The zero-order valence-electron chi connectivity index (χ0n) is 25.3. The number of piperidine rings is 1. The molecule has 1 unspecified atom stereocenters. The number of carboxylic acids is 1. The van der Waals surface area contributed by atoms with Gasteiger partial charge in [-0.25, -0.2) is 0 Å². The second-order valence-electron chi connectivity index (χ2n) is 11.6. The van der Waals surface area contributed by atoms with E-state index in [1.165, 1.54) is 21.3 Å². The number of hydrogen-bond acceptors (Lipinski definition) is 6. The zero-order valence-corrected chi connectivity index (χ0v) is 26.8. The molecule has 1 amide bonds. The lowest BCUT2D eigenvalue weighted by Gasteiger charge is -2.40. The van der Waals surface area contributed by atoms with Crippen LogP contribution in [0.1, 0.15) is 47.2 Å². The molecular weight excluding hydrogens is 603 g/mol. The van der Waals surface area contributed by atoms with E-state index in [1.54, 1.807) is 12.1 Å². The number of carbonyl (C=O) groups is 2. The third kappa shape index (κ3) is 6.08. The summed E-state index contributed by atoms with van der Waals surface area (Å²) in [5.74, 6) is 0.371. The first-order valence-corrected chi connectivity index (χ1v) is 15.5. The van der Waals surface area contributed by atoms with Gasteiger partial charge in [-0.15, -0.1) is 0 Å². The summed E-state index contributed by atoms with van der Waals surface area (Å²) in [4.78, 5) is 30.5. The SMILES string of the molecule is COc1cc(C(=O)N2CCC(CCN3CCC(C(=O)O)(c4ccccc4)CC3)(c3ccc(Cl)c(Cl)c3)C2)cc(OC)c1OC. The molecule has 1 atom stereocenters. The Balaban J connectivity index is 1.36. The highest BCUT2D eigenvalue weighted by atomic mass is 35.5. The van der Waals surface area contributed by atoms with E-state index in [4.69, 9.17) is 37.4 Å². The molecule has 1 N–H and O–H groups in total. The summed E-state index contributed by atoms with van der Waals surface area (Å²) >= 11 is 12.8. The van der Waals surface area contributed by atoms with E-state index >= 15 is 0 Å². The number of likely N-dealkylation sites (tertiary alicyclic amines) is 2. The van der Waals surface area contributed by atoms with Crippen molar-refractivity contribution in [2.45, 2.75) is 36.5 Å². The molecule has 2 fully saturated rings. The summed E-state index contributed by atoms with van der Waals surface area (Å²) in [6.07, 6.45) is 2.60. The van der Waals surface area contributed by atoms with Crippen molar-refractivity contribution >= 4 is 35.1 Å². The van der Waals surface area contributed by atoms with Gasteiger partial charge < -0.3 is 29.1 Å². The van der Waals surface area contributed by atoms with Gasteiger partial charge in [0.15, 0.2) is 11.5 Å². The topological polar surface area (TPSA) is 88.5 Å². The van der Waals surface area contributed by atoms with Gasteiger partial charge in [-0.1, -0.05) is 59.6 Å². The normalized spacial score (nSPS) is 19.9. The fraction of sp³-hybridized carbons (Fsp3) is 0.412. The van der Waals surface area contributed by atoms with Crippen LogP contribution in [0.2, 0.25) is 10.0 Å². The monoisotopic (exact) mass is 640 g/mol. The summed E-state index contributed by atoms with van der Waals surface area (Å²) in [5, 5.41) is 11.2. The Bertz CT molecular complexity index is 1480. The third-order valence-corrected chi connectivity index (χ3v) is 10.2. The number of carbonyl (C=O) groups excluding carboxylic acids is 1. The molecule has 8 nitrogen and oxygen atoms in total. The van der Waals surface area contributed by atoms with Gasteiger partial charge in [0.05, 0.1) is 36.8 Å². The number of hydrogen-bond donors (Lipinski definition) is 1. The second kappa shape index (κ2) is 13.3. The Labute approximate surface area is 268 Å². The molecule has 0 aromatic heterocycles. The standard InChI is InChI=1S/C34H38Cl2N2O6/c1-42-28-19-23(20-29(43-2)30(28)44-3)31(39)38-18-12-33(22-38,25-9-10-26(35)27(36)21-25)11-15-37-16-13-34(14-17-37,32(40)41)24-7-5-4-6-8-24/h4-10,19-21H,11-18,22H2,1-3H3,(H,40,41). The number of nitrogens with zero attached hydrogens (tertiary/aromatic N) is 2. The number of methoxy groups -OCH3 is 3. The average Bonchev–Trinajstić information content (AvgIpc) is 3.50. The van der Waals surface area contributed by atoms with Crippen molar-refractivity contribution in [1.29, 1.82) is 0 Å². The van der Waals surface area contributed by atoms with Crippen LogP contribution < -0.4 is 14.2 Å². The highest BCUT2D eigenvalue weighted by Crippen LogP contribution is 2.43. The highest BCUT2D eigenvalue weighted by Gasteiger charge is 2.45. The number of halogens is 2. The van der Waals surface area contributed by atoms with Crippen LogP contribution in [0.4, 0.5) is 0 Å². The lowest BCUT2D eigenvalue weighted by atomic mass is 9.72. The van der Waals surface area contributed by atoms with Crippen LogP contribution in [0.25, 0.3) is 0 Å². The van der Waals surface area contributed by atoms with Gasteiger partial charge in [-0.3, -0.25) is 9.59 Å². The van der Waals surface area contributed by atoms with Gasteiger partial charge in [-0.05, 0) is 80.7 Å². The Morgan fingerprint density at radius 2 is 1.48 bits per heavy atom. The summed E-state index contributed by atoms with van der Waals surface area (Å²) in [7, 11) is 4.58. The van der Waals surface area contributed by atoms with Crippen LogP contribution in [-0.4, -0.2) is 80.8 Å². The van der Waals surface area contributed by atoms with E-state index in [9.17, 15) is 14.7 Å². The van der Waals surface area contributed by atoms with Crippen LogP contribution >= 0.6 is 23.2 Å². The summed E-state index contributed by atoms with van der Waals surface area (Å²) < 4.78 is 16.4. The molecule has 2 aliphatic heterocycles. The van der Waals surface area contributed by atoms with Crippen LogP contribution in [0.3, 0.4) is 0 Å². The van der Waals surface area contributed by atoms with Crippen LogP contribution in [-0.2, 0) is 15.6 Å². The van der Waals surface area contributed by atoms with Crippen molar-refractivity contribution in [3.05, 3.63) is 87.4 Å². The molecule has 234 valence electrons. The predicted octanol–water partition coefficient (Wildman–Crippen LogP) is 6.31. The summed E-state index contributed by atoms with van der Waals surface area (Å²) in [6.45, 7) is 3.17. The molecule has 0 spiro atoms. The second-order valence-corrected chi connectivity index (χ2v) is 12.5. The Hall–Kier alpha value is -3.46. The minimum absolute atomic E-state index is 0.127. The minimum Gasteiger partial charge on any atom is -0.493 e. The molecule has 2 aliphatic rings. The van der Waals surface area contributed by atoms with Crippen molar-refractivity contribution in [2.75, 3.05) is 54.1 Å². The van der Waals surface area contributed by atoms with E-state index in [0.29, 0.717) is 71.9 Å². The van der Waals surface area contributed by atoms with E-state index in [1.807, 2.05) is 53.4 Å². The molecule has 10 heteroatoms. The number of rotatable bonds is 10. The Kier molecular flexibility index (Phi) is 9.63. The molecule has 3 aromatic carbocycles. The lowest BCUT2D eigenvalue weighted by Crippen LogP contribution is -2.48. The van der Waals surface area contributed by atoms with Crippen molar-refractivity contribution in [2.24, 2.45) is 0 Å². The number of aliphatic carboxylic acids is 1. The fourth-order valence-electron chi connectivity index (χ4n) is 6.76. The van der Waals surface area contributed by atoms with Gasteiger partial charge in [-0.2, -0.15) is 0 Å². The van der Waals surface area contributed by atoms with E-state index in [-0.39, 0.29) is 11.3 Å². The first kappa shape index (κ1) is 31.9. The van der Waals surface area contributed by atoms with Gasteiger partial charge in [0.25, 0.3) is 5.91 Å². The maximum Gasteiger partial charge on any atom is 0.314 e. The number of amides is 1. The molecule has 2 heterocycles. The van der Waals surface area contributed by atoms with Gasteiger partial charge >= 0.3 is 5.97 Å². The number of benzene rings is 3. The smallest absolute Gasteiger partial charge is 0.314 e. The first-order chi connectivity index (χ1) is 21.2. The van der Waals surface area contributed by atoms with Crippen LogP contribution in [0.5, 0.6) is 17.2 Å². The molecule has 0 radical (unpaired) electrons. The molecule has 2 saturated heterocycles. The van der Waals surface area contributed by atoms with E-state index in [2.05, 4.69) is 4.90 Å². The molecule has 3 aromatic rings. The Morgan fingerprint density at radius 1 is 0.818 bits per heavy atom. The van der Waals surface area contributed by atoms with Crippen molar-refractivity contribution in [3.63, 3.8) is 0 Å².